The third-order valence-corrected chi connectivity index (χ3v) is 4.19. The first kappa shape index (κ1) is 11.0. The van der Waals surface area contributed by atoms with Crippen LogP contribution in [0.2, 0.25) is 0 Å². The summed E-state index contributed by atoms with van der Waals surface area (Å²) in [7, 11) is 0. The molecule has 1 rings (SSSR count). The van der Waals surface area contributed by atoms with Crippen LogP contribution in [0.25, 0.3) is 0 Å². The molecule has 1 heteroatoms. The maximum Gasteiger partial charge on any atom is 0.00446 e. The van der Waals surface area contributed by atoms with E-state index in [1.807, 2.05) is 0 Å². The monoisotopic (exact) mass is 183 g/mol. The molecule has 0 amide bonds. The zero-order valence-corrected chi connectivity index (χ0v) is 9.85. The Hall–Kier alpha value is -0.0400. The van der Waals surface area contributed by atoms with Crippen LogP contribution in [0, 0.1) is 16.7 Å². The second-order valence-electron chi connectivity index (χ2n) is 6.06. The standard InChI is InChI=1S/C12H25N/c1-9(2)12(11(3,4)5)7-6-10(13)8-12/h9-10H,6-8,13H2,1-5H3. The number of hydrogen-bond acceptors (Lipinski definition) is 1. The molecule has 0 aromatic heterocycles. The molecule has 13 heavy (non-hydrogen) atoms. The Morgan fingerprint density at radius 2 is 1.85 bits per heavy atom. The van der Waals surface area contributed by atoms with Gasteiger partial charge in [0, 0.05) is 6.04 Å². The summed E-state index contributed by atoms with van der Waals surface area (Å²) in [5.41, 5.74) is 6.92. The van der Waals surface area contributed by atoms with Gasteiger partial charge < -0.3 is 5.73 Å². The molecule has 0 saturated heterocycles. The lowest BCUT2D eigenvalue weighted by Crippen LogP contribution is -2.39. The van der Waals surface area contributed by atoms with Gasteiger partial charge in [-0.3, -0.25) is 0 Å². The molecular formula is C12H25N. The summed E-state index contributed by atoms with van der Waals surface area (Å²) >= 11 is 0. The van der Waals surface area contributed by atoms with Crippen molar-refractivity contribution in [2.45, 2.75) is 59.9 Å². The number of hydrogen-bond donors (Lipinski definition) is 1. The lowest BCUT2D eigenvalue weighted by atomic mass is 9.59. The normalized spacial score (nSPS) is 35.8. The van der Waals surface area contributed by atoms with Gasteiger partial charge in [-0.05, 0) is 36.0 Å². The predicted molar refractivity (Wildman–Crippen MR) is 58.6 cm³/mol. The second-order valence-corrected chi connectivity index (χ2v) is 6.06. The summed E-state index contributed by atoms with van der Waals surface area (Å²) in [5, 5.41) is 0. The molecule has 78 valence electrons. The first-order valence-corrected chi connectivity index (χ1v) is 5.55. The van der Waals surface area contributed by atoms with E-state index in [0.29, 0.717) is 16.9 Å². The van der Waals surface area contributed by atoms with Gasteiger partial charge in [0.05, 0.1) is 0 Å². The maximum atomic E-state index is 6.04. The molecule has 1 saturated carbocycles. The molecule has 0 radical (unpaired) electrons. The Morgan fingerprint density at radius 1 is 1.31 bits per heavy atom. The van der Waals surface area contributed by atoms with E-state index in [0.717, 1.165) is 5.92 Å². The van der Waals surface area contributed by atoms with Gasteiger partial charge in [0.2, 0.25) is 0 Å². The highest BCUT2D eigenvalue weighted by Gasteiger charge is 2.48. The Morgan fingerprint density at radius 3 is 2.00 bits per heavy atom. The van der Waals surface area contributed by atoms with Gasteiger partial charge in [-0.2, -0.15) is 0 Å². The fourth-order valence-corrected chi connectivity index (χ4v) is 3.19. The van der Waals surface area contributed by atoms with E-state index in [2.05, 4.69) is 34.6 Å². The minimum Gasteiger partial charge on any atom is -0.328 e. The van der Waals surface area contributed by atoms with Crippen LogP contribution >= 0.6 is 0 Å². The van der Waals surface area contributed by atoms with Crippen molar-refractivity contribution in [1.82, 2.24) is 0 Å². The Kier molecular flexibility index (Phi) is 2.78. The fraction of sp³-hybridized carbons (Fsp3) is 1.00. The molecule has 0 bridgehead atoms. The van der Waals surface area contributed by atoms with Crippen LogP contribution in [0.5, 0.6) is 0 Å². The molecule has 1 aliphatic carbocycles. The van der Waals surface area contributed by atoms with Gasteiger partial charge in [0.25, 0.3) is 0 Å². The Balaban J connectivity index is 2.90. The minimum absolute atomic E-state index is 0.398. The second kappa shape index (κ2) is 3.27. The average molecular weight is 183 g/mol. The van der Waals surface area contributed by atoms with E-state index in [1.54, 1.807) is 0 Å². The van der Waals surface area contributed by atoms with Crippen LogP contribution in [0.3, 0.4) is 0 Å². The van der Waals surface area contributed by atoms with Gasteiger partial charge in [-0.1, -0.05) is 34.6 Å². The largest absolute Gasteiger partial charge is 0.328 e. The third kappa shape index (κ3) is 1.76. The Bertz CT molecular complexity index is 178. The van der Waals surface area contributed by atoms with Gasteiger partial charge >= 0.3 is 0 Å². The molecule has 0 heterocycles. The topological polar surface area (TPSA) is 26.0 Å². The van der Waals surface area contributed by atoms with Gasteiger partial charge in [-0.15, -0.1) is 0 Å². The highest BCUT2D eigenvalue weighted by Crippen LogP contribution is 2.55. The molecule has 2 atom stereocenters. The van der Waals surface area contributed by atoms with Crippen molar-refractivity contribution in [3.8, 4) is 0 Å². The van der Waals surface area contributed by atoms with E-state index in [-0.39, 0.29) is 0 Å². The lowest BCUT2D eigenvalue weighted by Gasteiger charge is -2.46. The summed E-state index contributed by atoms with van der Waals surface area (Å²) in [5.74, 6) is 0.751. The molecule has 1 aliphatic rings. The number of rotatable bonds is 1. The van der Waals surface area contributed by atoms with Gasteiger partial charge in [-0.25, -0.2) is 0 Å². The molecule has 0 aliphatic heterocycles. The highest BCUT2D eigenvalue weighted by molar-refractivity contribution is 4.99. The van der Waals surface area contributed by atoms with E-state index < -0.39 is 0 Å². The zero-order chi connectivity index (χ0) is 10.3. The molecule has 2 N–H and O–H groups in total. The van der Waals surface area contributed by atoms with E-state index in [1.165, 1.54) is 19.3 Å². The van der Waals surface area contributed by atoms with Crippen molar-refractivity contribution >= 4 is 0 Å². The first-order valence-electron chi connectivity index (χ1n) is 5.55. The van der Waals surface area contributed by atoms with Crippen LogP contribution in [-0.2, 0) is 0 Å². The minimum atomic E-state index is 0.398. The van der Waals surface area contributed by atoms with E-state index >= 15 is 0 Å². The molecule has 1 fully saturated rings. The van der Waals surface area contributed by atoms with Crippen molar-refractivity contribution in [2.24, 2.45) is 22.5 Å². The quantitative estimate of drug-likeness (QED) is 0.664. The van der Waals surface area contributed by atoms with E-state index in [9.17, 15) is 0 Å². The SMILES string of the molecule is CC(C)C1(C(C)(C)C)CCC(N)C1. The lowest BCUT2D eigenvalue weighted by molar-refractivity contribution is 0.0366. The molecule has 0 aromatic rings. The number of nitrogens with two attached hydrogens (primary N) is 1. The predicted octanol–water partition coefficient (Wildman–Crippen LogP) is 3.19. The van der Waals surface area contributed by atoms with Crippen molar-refractivity contribution in [3.05, 3.63) is 0 Å². The van der Waals surface area contributed by atoms with Crippen molar-refractivity contribution in [3.63, 3.8) is 0 Å². The molecule has 1 nitrogen and oxygen atoms in total. The van der Waals surface area contributed by atoms with Crippen LogP contribution in [0.1, 0.15) is 53.9 Å². The first-order chi connectivity index (χ1) is 5.79. The van der Waals surface area contributed by atoms with Gasteiger partial charge in [0.15, 0.2) is 0 Å². The van der Waals surface area contributed by atoms with Crippen LogP contribution in [-0.4, -0.2) is 6.04 Å². The van der Waals surface area contributed by atoms with Crippen LogP contribution in [0.15, 0.2) is 0 Å². The van der Waals surface area contributed by atoms with Crippen LogP contribution < -0.4 is 5.73 Å². The van der Waals surface area contributed by atoms with Crippen LogP contribution in [0.4, 0.5) is 0 Å². The zero-order valence-electron chi connectivity index (χ0n) is 9.85. The summed E-state index contributed by atoms with van der Waals surface area (Å²) in [6.07, 6.45) is 3.75. The molecule has 2 unspecified atom stereocenters. The fourth-order valence-electron chi connectivity index (χ4n) is 3.19. The molecule has 0 spiro atoms. The summed E-state index contributed by atoms with van der Waals surface area (Å²) in [6.45, 7) is 11.8. The Labute approximate surface area is 83.1 Å². The maximum absolute atomic E-state index is 6.04. The molecule has 0 aromatic carbocycles. The third-order valence-electron chi connectivity index (χ3n) is 4.19. The van der Waals surface area contributed by atoms with E-state index in [4.69, 9.17) is 5.73 Å². The summed E-state index contributed by atoms with van der Waals surface area (Å²) in [6, 6.07) is 0.446. The molecular weight excluding hydrogens is 158 g/mol. The van der Waals surface area contributed by atoms with Crippen molar-refractivity contribution in [2.75, 3.05) is 0 Å². The van der Waals surface area contributed by atoms with Crippen molar-refractivity contribution < 1.29 is 0 Å². The van der Waals surface area contributed by atoms with Crippen molar-refractivity contribution in [1.29, 1.82) is 0 Å². The average Bonchev–Trinajstić information content (AvgIpc) is 2.30. The van der Waals surface area contributed by atoms with Gasteiger partial charge in [0.1, 0.15) is 0 Å². The highest BCUT2D eigenvalue weighted by atomic mass is 14.7. The summed E-state index contributed by atoms with van der Waals surface area (Å²) < 4.78 is 0. The summed E-state index contributed by atoms with van der Waals surface area (Å²) in [4.78, 5) is 0. The smallest absolute Gasteiger partial charge is 0.00446 e.